The first kappa shape index (κ1) is 11.2. The molecular weight excluding hydrogens is 340 g/mol. The van der Waals surface area contributed by atoms with Crippen LogP contribution in [0.2, 0.25) is 5.02 Å². The second-order valence-electron chi connectivity index (χ2n) is 2.97. The van der Waals surface area contributed by atoms with Crippen LogP contribution < -0.4 is 5.73 Å². The van der Waals surface area contributed by atoms with E-state index in [2.05, 4.69) is 27.6 Å². The standard InChI is InChI=1S/C10H5ClIN3O/c11-5-1-2-7(12)6(3-5)10-15-8(4-13)9(14)16-10/h1-3H,14H2. The summed E-state index contributed by atoms with van der Waals surface area (Å²) in [5.41, 5.74) is 6.30. The van der Waals surface area contributed by atoms with Gasteiger partial charge in [0.05, 0.1) is 5.56 Å². The van der Waals surface area contributed by atoms with E-state index in [-0.39, 0.29) is 11.6 Å². The third-order valence-electron chi connectivity index (χ3n) is 1.92. The molecule has 0 bridgehead atoms. The predicted octanol–water partition coefficient (Wildman–Crippen LogP) is 3.05. The van der Waals surface area contributed by atoms with Crippen molar-refractivity contribution >= 4 is 40.1 Å². The van der Waals surface area contributed by atoms with Crippen molar-refractivity contribution in [2.75, 3.05) is 5.73 Å². The van der Waals surface area contributed by atoms with Crippen molar-refractivity contribution in [3.63, 3.8) is 0 Å². The molecule has 0 aliphatic rings. The Hall–Kier alpha value is -1.26. The van der Waals surface area contributed by atoms with Crippen molar-refractivity contribution in [2.45, 2.75) is 0 Å². The number of oxazole rings is 1. The van der Waals surface area contributed by atoms with E-state index >= 15 is 0 Å². The number of aromatic nitrogens is 1. The number of anilines is 1. The van der Waals surface area contributed by atoms with E-state index < -0.39 is 0 Å². The molecule has 0 atom stereocenters. The van der Waals surface area contributed by atoms with Gasteiger partial charge in [-0.25, -0.2) is 0 Å². The van der Waals surface area contributed by atoms with Crippen molar-refractivity contribution in [1.29, 1.82) is 5.26 Å². The molecule has 0 spiro atoms. The van der Waals surface area contributed by atoms with Gasteiger partial charge >= 0.3 is 0 Å². The highest BCUT2D eigenvalue weighted by Gasteiger charge is 2.14. The molecule has 0 amide bonds. The molecule has 6 heteroatoms. The number of benzene rings is 1. The first-order valence-electron chi connectivity index (χ1n) is 4.23. The lowest BCUT2D eigenvalue weighted by Gasteiger charge is -1.99. The molecule has 16 heavy (non-hydrogen) atoms. The molecule has 0 aliphatic heterocycles. The zero-order chi connectivity index (χ0) is 11.7. The number of rotatable bonds is 1. The number of nitrogen functional groups attached to an aromatic ring is 1. The average Bonchev–Trinajstić information content (AvgIpc) is 2.63. The maximum Gasteiger partial charge on any atom is 0.231 e. The monoisotopic (exact) mass is 345 g/mol. The van der Waals surface area contributed by atoms with Crippen molar-refractivity contribution in [2.24, 2.45) is 0 Å². The van der Waals surface area contributed by atoms with E-state index in [1.54, 1.807) is 12.1 Å². The maximum absolute atomic E-state index is 8.72. The second kappa shape index (κ2) is 4.31. The van der Waals surface area contributed by atoms with Crippen molar-refractivity contribution in [3.05, 3.63) is 32.5 Å². The lowest BCUT2D eigenvalue weighted by Crippen LogP contribution is -1.84. The number of nitrogens with two attached hydrogens (primary N) is 1. The molecule has 1 aromatic heterocycles. The highest BCUT2D eigenvalue weighted by molar-refractivity contribution is 14.1. The van der Waals surface area contributed by atoms with Crippen LogP contribution in [0.25, 0.3) is 11.5 Å². The van der Waals surface area contributed by atoms with Gasteiger partial charge in [-0.15, -0.1) is 0 Å². The van der Waals surface area contributed by atoms with Crippen LogP contribution in [0.5, 0.6) is 0 Å². The van der Waals surface area contributed by atoms with Crippen LogP contribution >= 0.6 is 34.2 Å². The van der Waals surface area contributed by atoms with Crippen molar-refractivity contribution in [1.82, 2.24) is 4.98 Å². The fourth-order valence-electron chi connectivity index (χ4n) is 1.19. The third-order valence-corrected chi connectivity index (χ3v) is 3.09. The summed E-state index contributed by atoms with van der Waals surface area (Å²) in [4.78, 5) is 3.98. The van der Waals surface area contributed by atoms with E-state index in [0.29, 0.717) is 10.9 Å². The van der Waals surface area contributed by atoms with E-state index in [1.807, 2.05) is 12.1 Å². The van der Waals surface area contributed by atoms with Gasteiger partial charge in [0.2, 0.25) is 17.5 Å². The van der Waals surface area contributed by atoms with Gasteiger partial charge in [-0.05, 0) is 40.8 Å². The largest absolute Gasteiger partial charge is 0.419 e. The molecule has 2 N–H and O–H groups in total. The quantitative estimate of drug-likeness (QED) is 0.806. The van der Waals surface area contributed by atoms with Gasteiger partial charge in [-0.1, -0.05) is 11.6 Å². The van der Waals surface area contributed by atoms with Crippen LogP contribution in [0.4, 0.5) is 5.88 Å². The van der Waals surface area contributed by atoms with Crippen LogP contribution in [0.3, 0.4) is 0 Å². The SMILES string of the molecule is N#Cc1nc(-c2cc(Cl)ccc2I)oc1N. The molecule has 0 fully saturated rings. The van der Waals surface area contributed by atoms with Gasteiger partial charge in [0.15, 0.2) is 0 Å². The fraction of sp³-hybridized carbons (Fsp3) is 0. The second-order valence-corrected chi connectivity index (χ2v) is 4.57. The molecule has 4 nitrogen and oxygen atoms in total. The number of nitriles is 1. The normalized spacial score (nSPS) is 10.1. The molecule has 2 aromatic rings. The predicted molar refractivity (Wildman–Crippen MR) is 68.8 cm³/mol. The van der Waals surface area contributed by atoms with Gasteiger partial charge < -0.3 is 10.2 Å². The minimum Gasteiger partial charge on any atom is -0.419 e. The van der Waals surface area contributed by atoms with E-state index in [4.69, 9.17) is 27.0 Å². The molecule has 0 radical (unpaired) electrons. The summed E-state index contributed by atoms with van der Waals surface area (Å²) in [7, 11) is 0. The van der Waals surface area contributed by atoms with E-state index in [0.717, 1.165) is 9.13 Å². The van der Waals surface area contributed by atoms with E-state index in [1.165, 1.54) is 0 Å². The Kier molecular flexibility index (Phi) is 3.03. The molecule has 2 rings (SSSR count). The van der Waals surface area contributed by atoms with Crippen LogP contribution in [-0.2, 0) is 0 Å². The van der Waals surface area contributed by atoms with Crippen LogP contribution in [0.1, 0.15) is 5.69 Å². The van der Waals surface area contributed by atoms with Gasteiger partial charge in [0.1, 0.15) is 6.07 Å². The summed E-state index contributed by atoms with van der Waals surface area (Å²) in [6.07, 6.45) is 0. The van der Waals surface area contributed by atoms with Gasteiger partial charge in [0.25, 0.3) is 0 Å². The van der Waals surface area contributed by atoms with Crippen LogP contribution in [0, 0.1) is 14.9 Å². The van der Waals surface area contributed by atoms with Crippen molar-refractivity contribution < 1.29 is 4.42 Å². The Morgan fingerprint density at radius 3 is 2.88 bits per heavy atom. The molecular formula is C10H5ClIN3O. The zero-order valence-corrected chi connectivity index (χ0v) is 10.8. The summed E-state index contributed by atoms with van der Waals surface area (Å²) in [6, 6.07) is 7.18. The number of halogens is 2. The molecule has 0 saturated heterocycles. The van der Waals surface area contributed by atoms with Crippen molar-refractivity contribution in [3.8, 4) is 17.5 Å². The highest BCUT2D eigenvalue weighted by Crippen LogP contribution is 2.29. The van der Waals surface area contributed by atoms with Crippen LogP contribution in [0.15, 0.2) is 22.6 Å². The topological polar surface area (TPSA) is 75.8 Å². The molecule has 0 aliphatic carbocycles. The van der Waals surface area contributed by atoms with Gasteiger partial charge in [-0.2, -0.15) is 10.2 Å². The number of hydrogen-bond acceptors (Lipinski definition) is 4. The third kappa shape index (κ3) is 1.99. The summed E-state index contributed by atoms with van der Waals surface area (Å²) >= 11 is 8.01. The summed E-state index contributed by atoms with van der Waals surface area (Å²) in [5.74, 6) is 0.328. The van der Waals surface area contributed by atoms with Crippen LogP contribution in [-0.4, -0.2) is 4.98 Å². The number of nitrogens with zero attached hydrogens (tertiary/aromatic N) is 2. The minimum absolute atomic E-state index is 0.0216. The average molecular weight is 346 g/mol. The molecule has 1 heterocycles. The zero-order valence-electron chi connectivity index (χ0n) is 7.87. The molecule has 0 saturated carbocycles. The Balaban J connectivity index is 2.59. The van der Waals surface area contributed by atoms with Gasteiger partial charge in [0, 0.05) is 8.59 Å². The molecule has 80 valence electrons. The minimum atomic E-state index is 0.0216. The Morgan fingerprint density at radius 1 is 1.50 bits per heavy atom. The molecule has 0 unspecified atom stereocenters. The highest BCUT2D eigenvalue weighted by atomic mass is 127. The summed E-state index contributed by atoms with van der Waals surface area (Å²) in [6.45, 7) is 0. The first-order chi connectivity index (χ1) is 7.61. The Bertz CT molecular complexity index is 588. The number of hydrogen-bond donors (Lipinski definition) is 1. The lowest BCUT2D eigenvalue weighted by molar-refractivity contribution is 0.593. The Morgan fingerprint density at radius 2 is 2.25 bits per heavy atom. The lowest BCUT2D eigenvalue weighted by atomic mass is 10.2. The maximum atomic E-state index is 8.72. The molecule has 1 aromatic carbocycles. The summed E-state index contributed by atoms with van der Waals surface area (Å²) < 4.78 is 6.13. The summed E-state index contributed by atoms with van der Waals surface area (Å²) in [5, 5.41) is 9.30. The Labute approximate surface area is 110 Å². The smallest absolute Gasteiger partial charge is 0.231 e. The van der Waals surface area contributed by atoms with E-state index in [9.17, 15) is 0 Å². The first-order valence-corrected chi connectivity index (χ1v) is 5.69. The fourth-order valence-corrected chi connectivity index (χ4v) is 1.93. The van der Waals surface area contributed by atoms with Gasteiger partial charge in [-0.3, -0.25) is 0 Å².